The van der Waals surface area contributed by atoms with Crippen molar-refractivity contribution < 1.29 is 18.1 Å². The number of nitrogens with zero attached hydrogens (tertiary/aromatic N) is 2. The molecule has 9 heteroatoms. The quantitative estimate of drug-likeness (QED) is 0.572. The Hall–Kier alpha value is -2.78. The van der Waals surface area contributed by atoms with Gasteiger partial charge in [0.25, 0.3) is 11.6 Å². The Morgan fingerprint density at radius 1 is 1.10 bits per heavy atom. The second-order valence-electron chi connectivity index (χ2n) is 8.00. The van der Waals surface area contributed by atoms with E-state index in [2.05, 4.69) is 5.32 Å². The molecule has 0 aromatic heterocycles. The Morgan fingerprint density at radius 2 is 1.70 bits per heavy atom. The predicted molar refractivity (Wildman–Crippen MR) is 114 cm³/mol. The third-order valence-electron chi connectivity index (χ3n) is 5.25. The number of nitro benzene ring substituents is 1. The number of sulfonamides is 1. The van der Waals surface area contributed by atoms with Crippen molar-refractivity contribution in [2.75, 3.05) is 18.4 Å². The van der Waals surface area contributed by atoms with Crippen LogP contribution in [0.5, 0.6) is 0 Å². The molecule has 30 heavy (non-hydrogen) atoms. The molecular weight excluding hydrogens is 406 g/mol. The number of amides is 1. The van der Waals surface area contributed by atoms with Gasteiger partial charge in [-0.3, -0.25) is 14.9 Å². The van der Waals surface area contributed by atoms with Gasteiger partial charge in [-0.05, 0) is 55.5 Å². The van der Waals surface area contributed by atoms with Crippen molar-refractivity contribution >= 4 is 27.3 Å². The first-order valence-electron chi connectivity index (χ1n) is 9.74. The predicted octanol–water partition coefficient (Wildman–Crippen LogP) is 3.82. The van der Waals surface area contributed by atoms with E-state index in [-0.39, 0.29) is 16.1 Å². The van der Waals surface area contributed by atoms with Crippen molar-refractivity contribution in [3.63, 3.8) is 0 Å². The van der Waals surface area contributed by atoms with Crippen molar-refractivity contribution in [3.8, 4) is 0 Å². The van der Waals surface area contributed by atoms with E-state index in [0.717, 1.165) is 6.42 Å². The van der Waals surface area contributed by atoms with E-state index in [0.29, 0.717) is 36.2 Å². The smallest absolute Gasteiger partial charge is 0.273 e. The van der Waals surface area contributed by atoms with E-state index >= 15 is 0 Å². The van der Waals surface area contributed by atoms with Gasteiger partial charge < -0.3 is 5.32 Å². The van der Waals surface area contributed by atoms with Crippen LogP contribution in [0.4, 0.5) is 11.4 Å². The summed E-state index contributed by atoms with van der Waals surface area (Å²) in [6, 6.07) is 10.2. The van der Waals surface area contributed by atoms with E-state index < -0.39 is 20.9 Å². The number of benzene rings is 2. The molecule has 1 aliphatic rings. The Bertz CT molecular complexity index is 1060. The Kier molecular flexibility index (Phi) is 6.23. The van der Waals surface area contributed by atoms with Crippen LogP contribution in [-0.4, -0.2) is 36.6 Å². The van der Waals surface area contributed by atoms with Gasteiger partial charge in [-0.15, -0.1) is 0 Å². The molecule has 1 fully saturated rings. The lowest BCUT2D eigenvalue weighted by molar-refractivity contribution is -0.385. The van der Waals surface area contributed by atoms with Gasteiger partial charge >= 0.3 is 0 Å². The van der Waals surface area contributed by atoms with Crippen LogP contribution in [-0.2, 0) is 10.0 Å². The summed E-state index contributed by atoms with van der Waals surface area (Å²) in [6.07, 6.45) is 1.01. The van der Waals surface area contributed by atoms with E-state index in [1.54, 1.807) is 6.92 Å². The van der Waals surface area contributed by atoms with Crippen molar-refractivity contribution in [1.29, 1.82) is 0 Å². The maximum atomic E-state index is 12.9. The first-order chi connectivity index (χ1) is 14.1. The zero-order chi connectivity index (χ0) is 22.1. The average molecular weight is 432 g/mol. The van der Waals surface area contributed by atoms with Gasteiger partial charge in [-0.25, -0.2) is 8.42 Å². The molecule has 2 aromatic rings. The lowest BCUT2D eigenvalue weighted by atomic mass is 9.94. The molecule has 1 amide bonds. The third-order valence-corrected chi connectivity index (χ3v) is 7.10. The van der Waals surface area contributed by atoms with E-state index in [1.807, 2.05) is 13.8 Å². The van der Waals surface area contributed by atoms with Crippen LogP contribution >= 0.6 is 0 Å². The largest absolute Gasteiger partial charge is 0.322 e. The number of nitrogens with one attached hydrogen (secondary N) is 1. The fourth-order valence-electron chi connectivity index (χ4n) is 3.81. The molecule has 0 saturated carbocycles. The molecule has 160 valence electrons. The summed E-state index contributed by atoms with van der Waals surface area (Å²) in [6.45, 7) is 6.69. The van der Waals surface area contributed by atoms with E-state index in [1.165, 1.54) is 46.8 Å². The van der Waals surface area contributed by atoms with Crippen LogP contribution in [0.3, 0.4) is 0 Å². The third kappa shape index (κ3) is 4.68. The normalized spacial score (nSPS) is 20.0. The molecule has 2 unspecified atom stereocenters. The number of piperidine rings is 1. The van der Waals surface area contributed by atoms with Gasteiger partial charge in [-0.1, -0.05) is 19.9 Å². The van der Waals surface area contributed by atoms with Crippen molar-refractivity contribution in [2.24, 2.45) is 11.8 Å². The zero-order valence-corrected chi connectivity index (χ0v) is 18.0. The SMILES string of the molecule is Cc1ccc(C(=O)Nc2ccc(S(=O)(=O)N3CC(C)CC(C)C3)cc2)cc1[N+](=O)[O-]. The highest BCUT2D eigenvalue weighted by Crippen LogP contribution is 2.27. The fraction of sp³-hybridized carbons (Fsp3) is 0.381. The molecule has 1 aliphatic heterocycles. The molecule has 1 saturated heterocycles. The number of hydrogen-bond acceptors (Lipinski definition) is 5. The molecule has 2 atom stereocenters. The monoisotopic (exact) mass is 431 g/mol. The molecule has 0 radical (unpaired) electrons. The van der Waals surface area contributed by atoms with Crippen LogP contribution in [0.15, 0.2) is 47.4 Å². The standard InChI is InChI=1S/C21H25N3O5S/c1-14-10-15(2)13-23(12-14)30(28,29)19-8-6-18(7-9-19)22-21(25)17-5-4-16(3)20(11-17)24(26)27/h4-9,11,14-15H,10,12-13H2,1-3H3,(H,22,25). The van der Waals surface area contributed by atoms with Gasteiger partial charge in [0.1, 0.15) is 0 Å². The second-order valence-corrected chi connectivity index (χ2v) is 9.94. The molecular formula is C21H25N3O5S. The van der Waals surface area contributed by atoms with Crippen LogP contribution in [0.25, 0.3) is 0 Å². The summed E-state index contributed by atoms with van der Waals surface area (Å²) in [7, 11) is -3.60. The maximum absolute atomic E-state index is 12.9. The van der Waals surface area contributed by atoms with Gasteiger partial charge in [0, 0.05) is 36.0 Å². The van der Waals surface area contributed by atoms with Crippen molar-refractivity contribution in [3.05, 3.63) is 63.7 Å². The summed E-state index contributed by atoms with van der Waals surface area (Å²) in [4.78, 5) is 23.2. The van der Waals surface area contributed by atoms with E-state index in [9.17, 15) is 23.3 Å². The summed E-state index contributed by atoms with van der Waals surface area (Å²) in [5.74, 6) is 0.105. The number of hydrogen-bond donors (Lipinski definition) is 1. The van der Waals surface area contributed by atoms with Gasteiger partial charge in [0.05, 0.1) is 9.82 Å². The molecule has 0 bridgehead atoms. The van der Waals surface area contributed by atoms with E-state index in [4.69, 9.17) is 0 Å². The fourth-order valence-corrected chi connectivity index (χ4v) is 5.49. The van der Waals surface area contributed by atoms with Crippen molar-refractivity contribution in [2.45, 2.75) is 32.1 Å². The Balaban J connectivity index is 1.75. The second kappa shape index (κ2) is 8.53. The summed E-state index contributed by atoms with van der Waals surface area (Å²) < 4.78 is 27.4. The minimum atomic E-state index is -3.60. The summed E-state index contributed by atoms with van der Waals surface area (Å²) in [5.41, 5.74) is 0.893. The molecule has 8 nitrogen and oxygen atoms in total. The molecule has 0 aliphatic carbocycles. The molecule has 0 spiro atoms. The minimum Gasteiger partial charge on any atom is -0.322 e. The van der Waals surface area contributed by atoms with Gasteiger partial charge in [0.15, 0.2) is 0 Å². The highest BCUT2D eigenvalue weighted by atomic mass is 32.2. The first kappa shape index (κ1) is 21.9. The molecule has 1 heterocycles. The zero-order valence-electron chi connectivity index (χ0n) is 17.2. The topological polar surface area (TPSA) is 110 Å². The average Bonchev–Trinajstić information content (AvgIpc) is 2.67. The van der Waals surface area contributed by atoms with Gasteiger partial charge in [0.2, 0.25) is 10.0 Å². The highest BCUT2D eigenvalue weighted by Gasteiger charge is 2.31. The minimum absolute atomic E-state index is 0.130. The number of rotatable bonds is 5. The van der Waals surface area contributed by atoms with Crippen LogP contribution in [0.2, 0.25) is 0 Å². The molecule has 2 aromatic carbocycles. The van der Waals surface area contributed by atoms with Crippen molar-refractivity contribution in [1.82, 2.24) is 4.31 Å². The van der Waals surface area contributed by atoms with Crippen LogP contribution in [0, 0.1) is 28.9 Å². The highest BCUT2D eigenvalue weighted by molar-refractivity contribution is 7.89. The van der Waals surface area contributed by atoms with Crippen LogP contribution < -0.4 is 5.32 Å². The summed E-state index contributed by atoms with van der Waals surface area (Å²) >= 11 is 0. The van der Waals surface area contributed by atoms with Crippen LogP contribution in [0.1, 0.15) is 36.2 Å². The maximum Gasteiger partial charge on any atom is 0.273 e. The number of carbonyl (C=O) groups excluding carboxylic acids is 1. The first-order valence-corrected chi connectivity index (χ1v) is 11.2. The lowest BCUT2D eigenvalue weighted by Crippen LogP contribution is -2.42. The Labute approximate surface area is 176 Å². The molecule has 1 N–H and O–H groups in total. The number of carbonyl (C=O) groups is 1. The number of aryl methyl sites for hydroxylation is 1. The molecule has 3 rings (SSSR count). The lowest BCUT2D eigenvalue weighted by Gasteiger charge is -2.34. The number of anilines is 1. The van der Waals surface area contributed by atoms with Gasteiger partial charge in [-0.2, -0.15) is 4.31 Å². The Morgan fingerprint density at radius 3 is 2.27 bits per heavy atom. The summed E-state index contributed by atoms with van der Waals surface area (Å²) in [5, 5.41) is 13.7. The number of nitro groups is 1.